The lowest BCUT2D eigenvalue weighted by molar-refractivity contribution is -0.140. The summed E-state index contributed by atoms with van der Waals surface area (Å²) >= 11 is 0. The van der Waals surface area contributed by atoms with E-state index in [0.717, 1.165) is 28.9 Å². The van der Waals surface area contributed by atoms with E-state index in [9.17, 15) is 13.2 Å². The zero-order valence-corrected chi connectivity index (χ0v) is 20.2. The van der Waals surface area contributed by atoms with Crippen LogP contribution in [0.2, 0.25) is 0 Å². The normalized spacial score (nSPS) is 18.2. The SMILES string of the molecule is CCCOc1ccc(CN(C(=O)C(C)Oc2ccc(C)c(C)c2)C2CCS(=O)(=O)C2)cc1. The molecule has 2 aromatic rings. The number of rotatable bonds is 9. The molecule has 6 nitrogen and oxygen atoms in total. The molecule has 0 spiro atoms. The summed E-state index contributed by atoms with van der Waals surface area (Å²) in [6, 6.07) is 13.0. The first-order valence-corrected chi connectivity index (χ1v) is 13.0. The standard InChI is InChI=1S/C25H33NO5S/c1-5-13-30-23-10-7-21(8-11-23)16-26(22-12-14-32(28,29)17-22)25(27)20(4)31-24-9-6-18(2)19(3)15-24/h6-11,15,20,22H,5,12-14,16-17H2,1-4H3. The van der Waals surface area contributed by atoms with E-state index in [1.807, 2.05) is 56.3 Å². The fraction of sp³-hybridized carbons (Fsp3) is 0.480. The first kappa shape index (κ1) is 24.1. The van der Waals surface area contributed by atoms with Crippen LogP contribution in [-0.2, 0) is 21.2 Å². The minimum Gasteiger partial charge on any atom is -0.494 e. The smallest absolute Gasteiger partial charge is 0.263 e. The minimum absolute atomic E-state index is 0.00715. The molecular formula is C25H33NO5S. The molecule has 32 heavy (non-hydrogen) atoms. The molecule has 3 rings (SSSR count). The highest BCUT2D eigenvalue weighted by Crippen LogP contribution is 2.24. The van der Waals surface area contributed by atoms with Crippen molar-refractivity contribution in [2.24, 2.45) is 0 Å². The molecule has 2 atom stereocenters. The van der Waals surface area contributed by atoms with E-state index in [0.29, 0.717) is 25.3 Å². The van der Waals surface area contributed by atoms with Crippen LogP contribution in [0.4, 0.5) is 0 Å². The molecule has 7 heteroatoms. The first-order chi connectivity index (χ1) is 15.2. The van der Waals surface area contributed by atoms with E-state index < -0.39 is 15.9 Å². The second kappa shape index (κ2) is 10.4. The van der Waals surface area contributed by atoms with Gasteiger partial charge in [-0.25, -0.2) is 8.42 Å². The van der Waals surface area contributed by atoms with Crippen LogP contribution < -0.4 is 9.47 Å². The second-order valence-electron chi connectivity index (χ2n) is 8.52. The fourth-order valence-corrected chi connectivity index (χ4v) is 5.52. The average molecular weight is 460 g/mol. The molecule has 0 saturated carbocycles. The Bertz CT molecular complexity index is 1030. The lowest BCUT2D eigenvalue weighted by Gasteiger charge is -2.31. The molecular weight excluding hydrogens is 426 g/mol. The van der Waals surface area contributed by atoms with E-state index in [4.69, 9.17) is 9.47 Å². The van der Waals surface area contributed by atoms with Gasteiger partial charge >= 0.3 is 0 Å². The van der Waals surface area contributed by atoms with Gasteiger partial charge in [0.15, 0.2) is 15.9 Å². The summed E-state index contributed by atoms with van der Waals surface area (Å²) in [6.45, 7) is 8.77. The van der Waals surface area contributed by atoms with E-state index in [1.54, 1.807) is 11.8 Å². The molecule has 2 aromatic carbocycles. The van der Waals surface area contributed by atoms with Crippen LogP contribution in [0, 0.1) is 13.8 Å². The monoisotopic (exact) mass is 459 g/mol. The van der Waals surface area contributed by atoms with Crippen molar-refractivity contribution in [3.8, 4) is 11.5 Å². The van der Waals surface area contributed by atoms with Gasteiger partial charge in [-0.2, -0.15) is 0 Å². The molecule has 1 heterocycles. The predicted molar refractivity (Wildman–Crippen MR) is 126 cm³/mol. The number of carbonyl (C=O) groups excluding carboxylic acids is 1. The Morgan fingerprint density at radius 2 is 1.78 bits per heavy atom. The van der Waals surface area contributed by atoms with Gasteiger partial charge in [0.1, 0.15) is 11.5 Å². The predicted octanol–water partition coefficient (Wildman–Crippen LogP) is 4.08. The van der Waals surface area contributed by atoms with E-state index >= 15 is 0 Å². The Morgan fingerprint density at radius 3 is 2.38 bits per heavy atom. The molecule has 1 amide bonds. The van der Waals surface area contributed by atoms with Gasteiger partial charge in [0, 0.05) is 12.6 Å². The summed E-state index contributed by atoms with van der Waals surface area (Å²) in [5.74, 6) is 1.30. The Balaban J connectivity index is 1.77. The van der Waals surface area contributed by atoms with Crippen LogP contribution >= 0.6 is 0 Å². The van der Waals surface area contributed by atoms with Crippen molar-refractivity contribution in [2.75, 3.05) is 18.1 Å². The lowest BCUT2D eigenvalue weighted by Crippen LogP contribution is -2.46. The average Bonchev–Trinajstić information content (AvgIpc) is 3.12. The summed E-state index contributed by atoms with van der Waals surface area (Å²) in [5.41, 5.74) is 3.16. The van der Waals surface area contributed by atoms with Gasteiger partial charge in [0.2, 0.25) is 0 Å². The maximum Gasteiger partial charge on any atom is 0.263 e. The van der Waals surface area contributed by atoms with Crippen molar-refractivity contribution in [2.45, 2.75) is 59.2 Å². The number of carbonyl (C=O) groups is 1. The molecule has 1 aliphatic heterocycles. The van der Waals surface area contributed by atoms with Crippen molar-refractivity contribution in [3.63, 3.8) is 0 Å². The van der Waals surface area contributed by atoms with Gasteiger partial charge in [0.05, 0.1) is 18.1 Å². The Kier molecular flexibility index (Phi) is 7.82. The third-order valence-corrected chi connectivity index (χ3v) is 7.57. The maximum absolute atomic E-state index is 13.4. The second-order valence-corrected chi connectivity index (χ2v) is 10.8. The summed E-state index contributed by atoms with van der Waals surface area (Å²) in [6.07, 6.45) is 0.647. The molecule has 0 radical (unpaired) electrons. The molecule has 0 aliphatic carbocycles. The van der Waals surface area contributed by atoms with Crippen LogP contribution in [-0.4, -0.2) is 49.5 Å². The minimum atomic E-state index is -3.13. The summed E-state index contributed by atoms with van der Waals surface area (Å²) in [5, 5.41) is 0. The van der Waals surface area contributed by atoms with Crippen molar-refractivity contribution in [3.05, 3.63) is 59.2 Å². The highest BCUT2D eigenvalue weighted by Gasteiger charge is 2.36. The number of amides is 1. The molecule has 0 aromatic heterocycles. The zero-order chi connectivity index (χ0) is 23.3. The first-order valence-electron chi connectivity index (χ1n) is 11.1. The van der Waals surface area contributed by atoms with Gasteiger partial charge in [-0.3, -0.25) is 4.79 Å². The molecule has 0 N–H and O–H groups in total. The van der Waals surface area contributed by atoms with Crippen LogP contribution in [0.15, 0.2) is 42.5 Å². The van der Waals surface area contributed by atoms with Crippen molar-refractivity contribution in [1.29, 1.82) is 0 Å². The number of hydrogen-bond donors (Lipinski definition) is 0. The number of ether oxygens (including phenoxy) is 2. The number of nitrogens with zero attached hydrogens (tertiary/aromatic N) is 1. The quantitative estimate of drug-likeness (QED) is 0.565. The fourth-order valence-electron chi connectivity index (χ4n) is 3.79. The van der Waals surface area contributed by atoms with Crippen LogP contribution in [0.25, 0.3) is 0 Å². The molecule has 1 aliphatic rings. The zero-order valence-electron chi connectivity index (χ0n) is 19.3. The van der Waals surface area contributed by atoms with Gasteiger partial charge in [0.25, 0.3) is 5.91 Å². The third-order valence-electron chi connectivity index (χ3n) is 5.82. The Morgan fingerprint density at radius 1 is 1.09 bits per heavy atom. The van der Waals surface area contributed by atoms with Crippen LogP contribution in [0.1, 0.15) is 43.4 Å². The number of sulfone groups is 1. The molecule has 1 fully saturated rings. The number of benzene rings is 2. The van der Waals surface area contributed by atoms with Gasteiger partial charge < -0.3 is 14.4 Å². The molecule has 1 saturated heterocycles. The Labute approximate surface area is 191 Å². The van der Waals surface area contributed by atoms with Gasteiger partial charge in [-0.05, 0) is 74.6 Å². The van der Waals surface area contributed by atoms with Gasteiger partial charge in [-0.1, -0.05) is 25.1 Å². The van der Waals surface area contributed by atoms with Crippen molar-refractivity contribution >= 4 is 15.7 Å². The molecule has 2 unspecified atom stereocenters. The third kappa shape index (κ3) is 6.25. The summed E-state index contributed by atoms with van der Waals surface area (Å²) in [4.78, 5) is 15.1. The largest absolute Gasteiger partial charge is 0.494 e. The maximum atomic E-state index is 13.4. The van der Waals surface area contributed by atoms with Crippen LogP contribution in [0.5, 0.6) is 11.5 Å². The highest BCUT2D eigenvalue weighted by atomic mass is 32.2. The van der Waals surface area contributed by atoms with Crippen molar-refractivity contribution in [1.82, 2.24) is 4.90 Å². The van der Waals surface area contributed by atoms with E-state index in [-0.39, 0.29) is 23.5 Å². The topological polar surface area (TPSA) is 72.9 Å². The summed E-state index contributed by atoms with van der Waals surface area (Å²) < 4.78 is 35.8. The molecule has 0 bridgehead atoms. The van der Waals surface area contributed by atoms with E-state index in [2.05, 4.69) is 6.92 Å². The highest BCUT2D eigenvalue weighted by molar-refractivity contribution is 7.91. The Hall–Kier alpha value is -2.54. The molecule has 174 valence electrons. The van der Waals surface area contributed by atoms with Gasteiger partial charge in [-0.15, -0.1) is 0 Å². The van der Waals surface area contributed by atoms with Crippen LogP contribution in [0.3, 0.4) is 0 Å². The summed E-state index contributed by atoms with van der Waals surface area (Å²) in [7, 11) is -3.13. The van der Waals surface area contributed by atoms with E-state index in [1.165, 1.54) is 0 Å². The lowest BCUT2D eigenvalue weighted by atomic mass is 10.1. The number of hydrogen-bond acceptors (Lipinski definition) is 5. The number of aryl methyl sites for hydroxylation is 2. The van der Waals surface area contributed by atoms with Crippen molar-refractivity contribution < 1.29 is 22.7 Å².